The summed E-state index contributed by atoms with van der Waals surface area (Å²) in [5, 5.41) is 8.32. The Morgan fingerprint density at radius 2 is 1.83 bits per heavy atom. The molecule has 2 aromatic heterocycles. The van der Waals surface area contributed by atoms with E-state index in [1.165, 1.54) is 18.8 Å². The van der Waals surface area contributed by atoms with Crippen LogP contribution >= 0.6 is 0 Å². The quantitative estimate of drug-likeness (QED) is 0.457. The molecular formula is C23H30N6O6S. The number of rotatable bonds is 9. The van der Waals surface area contributed by atoms with E-state index in [0.29, 0.717) is 35.3 Å². The predicted octanol–water partition coefficient (Wildman–Crippen LogP) is 2.74. The molecule has 1 aromatic carbocycles. The molecule has 0 saturated carbocycles. The van der Waals surface area contributed by atoms with Crippen LogP contribution in [0.2, 0.25) is 0 Å². The van der Waals surface area contributed by atoms with Crippen molar-refractivity contribution in [1.82, 2.24) is 24.6 Å². The third kappa shape index (κ3) is 4.96. The van der Waals surface area contributed by atoms with Gasteiger partial charge in [-0.15, -0.1) is 10.2 Å². The second-order valence-corrected chi connectivity index (χ2v) is 10.4. The number of urea groups is 1. The number of hydrogen-bond acceptors (Lipinski definition) is 8. The molecule has 36 heavy (non-hydrogen) atoms. The number of sulfonamides is 1. The maximum atomic E-state index is 13.2. The van der Waals surface area contributed by atoms with Crippen molar-refractivity contribution in [3.05, 3.63) is 36.1 Å². The summed E-state index contributed by atoms with van der Waals surface area (Å²) in [6, 6.07) is 8.42. The smallest absolute Gasteiger partial charge is 0.320 e. The van der Waals surface area contributed by atoms with Crippen molar-refractivity contribution >= 4 is 22.0 Å². The van der Waals surface area contributed by atoms with Crippen LogP contribution in [-0.2, 0) is 10.0 Å². The van der Waals surface area contributed by atoms with E-state index in [4.69, 9.17) is 13.9 Å². The number of aromatic nitrogens is 3. The SMILES string of the molecule is COc1cccc(OC)c1-n1c(NS(=O)(=O)CCN2C(=O)N(C)CC[C@@H]2C)nnc1-c1ccc(C)o1. The molecule has 0 bridgehead atoms. The standard InChI is InChI=1S/C23H30N6O6S/c1-15-11-12-27(3)23(30)28(15)13-14-36(31,32)26-22-25-24-21(19-10-9-16(2)35-19)29(22)20-17(33-4)7-6-8-18(20)34-5/h6-10,15H,11-14H2,1-5H3,(H,25,26)/t15-/m0/s1. The first kappa shape index (κ1) is 25.4. The Labute approximate surface area is 209 Å². The van der Waals surface area contributed by atoms with Crippen LogP contribution in [0.3, 0.4) is 0 Å². The minimum atomic E-state index is -3.93. The monoisotopic (exact) mass is 518 g/mol. The summed E-state index contributed by atoms with van der Waals surface area (Å²) in [7, 11) is 0.768. The summed E-state index contributed by atoms with van der Waals surface area (Å²) in [5.41, 5.74) is 0.399. The third-order valence-electron chi connectivity index (χ3n) is 6.08. The van der Waals surface area contributed by atoms with Gasteiger partial charge in [0.1, 0.15) is 22.9 Å². The Morgan fingerprint density at radius 1 is 1.14 bits per heavy atom. The number of amides is 2. The number of carbonyl (C=O) groups excluding carboxylic acids is 1. The van der Waals surface area contributed by atoms with E-state index >= 15 is 0 Å². The number of nitrogens with zero attached hydrogens (tertiary/aromatic N) is 5. The van der Waals surface area contributed by atoms with E-state index in [0.717, 1.165) is 6.42 Å². The minimum Gasteiger partial charge on any atom is -0.494 e. The van der Waals surface area contributed by atoms with E-state index in [2.05, 4.69) is 14.9 Å². The lowest BCUT2D eigenvalue weighted by Crippen LogP contribution is -2.53. The molecule has 3 heterocycles. The van der Waals surface area contributed by atoms with Crippen LogP contribution < -0.4 is 14.2 Å². The van der Waals surface area contributed by atoms with Crippen LogP contribution in [0.15, 0.2) is 34.7 Å². The van der Waals surface area contributed by atoms with Gasteiger partial charge in [0.15, 0.2) is 5.76 Å². The molecule has 0 radical (unpaired) electrons. The van der Waals surface area contributed by atoms with Crippen molar-refractivity contribution < 1.29 is 27.1 Å². The normalized spacial score (nSPS) is 16.4. The van der Waals surface area contributed by atoms with Crippen molar-refractivity contribution in [3.8, 4) is 28.8 Å². The van der Waals surface area contributed by atoms with Gasteiger partial charge in [0.2, 0.25) is 21.8 Å². The van der Waals surface area contributed by atoms with Gasteiger partial charge in [-0.25, -0.2) is 13.2 Å². The molecule has 1 N–H and O–H groups in total. The van der Waals surface area contributed by atoms with Crippen molar-refractivity contribution in [2.45, 2.75) is 26.3 Å². The molecule has 1 fully saturated rings. The number of aryl methyl sites for hydroxylation is 1. The number of para-hydroxylation sites is 1. The maximum absolute atomic E-state index is 13.2. The molecule has 0 spiro atoms. The minimum absolute atomic E-state index is 0.0377. The Hall–Kier alpha value is -3.74. The van der Waals surface area contributed by atoms with Gasteiger partial charge < -0.3 is 23.7 Å². The van der Waals surface area contributed by atoms with Crippen LogP contribution in [-0.4, -0.2) is 85.2 Å². The van der Waals surface area contributed by atoms with Crippen molar-refractivity contribution in [1.29, 1.82) is 0 Å². The fourth-order valence-corrected chi connectivity index (χ4v) is 5.04. The third-order valence-corrected chi connectivity index (χ3v) is 7.30. The number of furan rings is 1. The number of carbonyl (C=O) groups is 1. The van der Waals surface area contributed by atoms with E-state index in [1.807, 2.05) is 6.92 Å². The van der Waals surface area contributed by atoms with Crippen LogP contribution in [0.5, 0.6) is 11.5 Å². The Morgan fingerprint density at radius 3 is 2.44 bits per heavy atom. The molecule has 13 heteroatoms. The van der Waals surface area contributed by atoms with E-state index in [-0.39, 0.29) is 36.1 Å². The molecule has 1 aliphatic heterocycles. The summed E-state index contributed by atoms with van der Waals surface area (Å²) in [6.07, 6.45) is 0.767. The van der Waals surface area contributed by atoms with E-state index in [1.54, 1.807) is 54.1 Å². The maximum Gasteiger partial charge on any atom is 0.320 e. The lowest BCUT2D eigenvalue weighted by molar-refractivity contribution is 0.118. The zero-order valence-corrected chi connectivity index (χ0v) is 21.7. The van der Waals surface area contributed by atoms with E-state index < -0.39 is 10.0 Å². The van der Waals surface area contributed by atoms with Gasteiger partial charge in [0.25, 0.3) is 0 Å². The number of anilines is 1. The summed E-state index contributed by atoms with van der Waals surface area (Å²) in [6.45, 7) is 4.38. The Kier molecular flexibility index (Phi) is 7.11. The Balaban J connectivity index is 1.71. The van der Waals surface area contributed by atoms with Crippen LogP contribution in [0, 0.1) is 6.92 Å². The molecule has 4 rings (SSSR count). The molecule has 1 saturated heterocycles. The number of nitrogens with one attached hydrogen (secondary N) is 1. The molecule has 1 aliphatic rings. The zero-order chi connectivity index (χ0) is 26.0. The average Bonchev–Trinajstić information content (AvgIpc) is 3.46. The highest BCUT2D eigenvalue weighted by Crippen LogP contribution is 2.38. The lowest BCUT2D eigenvalue weighted by Gasteiger charge is -2.38. The summed E-state index contributed by atoms with van der Waals surface area (Å²) >= 11 is 0. The molecule has 12 nitrogen and oxygen atoms in total. The zero-order valence-electron chi connectivity index (χ0n) is 20.9. The van der Waals surface area contributed by atoms with Crippen molar-refractivity contribution in [3.63, 3.8) is 0 Å². The molecule has 2 amide bonds. The Bertz CT molecular complexity index is 1330. The van der Waals surface area contributed by atoms with Gasteiger partial charge in [0, 0.05) is 26.2 Å². The average molecular weight is 519 g/mol. The van der Waals surface area contributed by atoms with Gasteiger partial charge in [-0.1, -0.05) is 6.07 Å². The first-order valence-electron chi connectivity index (χ1n) is 11.4. The van der Waals surface area contributed by atoms with Gasteiger partial charge in [-0.3, -0.25) is 9.29 Å². The molecule has 0 unspecified atom stereocenters. The number of hydrogen-bond donors (Lipinski definition) is 1. The largest absolute Gasteiger partial charge is 0.494 e. The van der Waals surface area contributed by atoms with Gasteiger partial charge in [0.05, 0.1) is 20.0 Å². The van der Waals surface area contributed by atoms with E-state index in [9.17, 15) is 13.2 Å². The number of benzene rings is 1. The number of methoxy groups -OCH3 is 2. The highest BCUT2D eigenvalue weighted by atomic mass is 32.2. The highest BCUT2D eigenvalue weighted by molar-refractivity contribution is 7.92. The fraction of sp³-hybridized carbons (Fsp3) is 0.435. The van der Waals surface area contributed by atoms with Gasteiger partial charge in [-0.05, 0) is 44.5 Å². The molecule has 194 valence electrons. The molecule has 1 atom stereocenters. The number of ether oxygens (including phenoxy) is 2. The lowest BCUT2D eigenvalue weighted by atomic mass is 10.1. The van der Waals surface area contributed by atoms with Crippen molar-refractivity contribution in [2.24, 2.45) is 0 Å². The fourth-order valence-electron chi connectivity index (χ4n) is 4.09. The van der Waals surface area contributed by atoms with Gasteiger partial charge >= 0.3 is 6.03 Å². The summed E-state index contributed by atoms with van der Waals surface area (Å²) in [4.78, 5) is 15.7. The second kappa shape index (κ2) is 10.1. The first-order chi connectivity index (χ1) is 17.1. The van der Waals surface area contributed by atoms with Crippen molar-refractivity contribution in [2.75, 3.05) is 44.8 Å². The molecular weight excluding hydrogens is 488 g/mol. The molecule has 3 aromatic rings. The second-order valence-electron chi connectivity index (χ2n) is 8.56. The highest BCUT2D eigenvalue weighted by Gasteiger charge is 2.31. The van der Waals surface area contributed by atoms with Crippen LogP contribution in [0.1, 0.15) is 19.1 Å². The van der Waals surface area contributed by atoms with Crippen LogP contribution in [0.4, 0.5) is 10.7 Å². The topological polar surface area (TPSA) is 132 Å². The first-order valence-corrected chi connectivity index (χ1v) is 13.1. The van der Waals surface area contributed by atoms with Gasteiger partial charge in [-0.2, -0.15) is 0 Å². The summed E-state index contributed by atoms with van der Waals surface area (Å²) in [5.74, 6) is 1.72. The van der Waals surface area contributed by atoms with Crippen LogP contribution in [0.25, 0.3) is 17.3 Å². The predicted molar refractivity (Wildman–Crippen MR) is 133 cm³/mol. The molecule has 0 aliphatic carbocycles. The summed E-state index contributed by atoms with van der Waals surface area (Å²) < 4.78 is 47.1.